The van der Waals surface area contributed by atoms with Crippen LogP contribution in [0.1, 0.15) is 40.3 Å². The molecule has 0 fully saturated rings. The Bertz CT molecular complexity index is 948. The number of methoxy groups -OCH3 is 2. The fourth-order valence-electron chi connectivity index (χ4n) is 3.09. The maximum atomic E-state index is 12.9. The van der Waals surface area contributed by atoms with E-state index < -0.39 is 0 Å². The number of aryl methyl sites for hydroxylation is 1. The van der Waals surface area contributed by atoms with Crippen LogP contribution in [-0.4, -0.2) is 29.7 Å². The zero-order valence-corrected chi connectivity index (χ0v) is 16.9. The number of carbonyl (C=O) groups excluding carboxylic acids is 1. The zero-order valence-electron chi connectivity index (χ0n) is 16.1. The van der Waals surface area contributed by atoms with Crippen LogP contribution in [0.5, 0.6) is 11.5 Å². The number of benzene rings is 1. The van der Waals surface area contributed by atoms with Gasteiger partial charge in [0, 0.05) is 23.0 Å². The third kappa shape index (κ3) is 3.68. The molecule has 1 atom stereocenters. The van der Waals surface area contributed by atoms with E-state index in [-0.39, 0.29) is 11.9 Å². The van der Waals surface area contributed by atoms with Crippen LogP contribution < -0.4 is 14.8 Å². The van der Waals surface area contributed by atoms with E-state index in [0.29, 0.717) is 17.1 Å². The van der Waals surface area contributed by atoms with Crippen LogP contribution in [0.2, 0.25) is 0 Å². The van der Waals surface area contributed by atoms with Gasteiger partial charge < -0.3 is 14.8 Å². The number of nitrogens with zero attached hydrogens (tertiary/aromatic N) is 2. The number of hydrogen-bond acceptors (Lipinski definition) is 5. The number of rotatable bonds is 6. The van der Waals surface area contributed by atoms with E-state index in [2.05, 4.69) is 10.3 Å². The van der Waals surface area contributed by atoms with Gasteiger partial charge in [0.25, 0.3) is 5.91 Å². The lowest BCUT2D eigenvalue weighted by molar-refractivity contribution is 0.0939. The molecule has 142 valence electrons. The maximum Gasteiger partial charge on any atom is 0.253 e. The summed E-state index contributed by atoms with van der Waals surface area (Å²) in [7, 11) is 3.19. The van der Waals surface area contributed by atoms with E-state index in [9.17, 15) is 4.79 Å². The molecule has 27 heavy (non-hydrogen) atoms. The highest BCUT2D eigenvalue weighted by molar-refractivity contribution is 7.12. The van der Waals surface area contributed by atoms with E-state index in [1.807, 2.05) is 55.0 Å². The Kier molecular flexibility index (Phi) is 5.51. The van der Waals surface area contributed by atoms with Gasteiger partial charge in [0.2, 0.25) is 0 Å². The Morgan fingerprint density at radius 2 is 1.93 bits per heavy atom. The highest BCUT2D eigenvalue weighted by atomic mass is 32.1. The minimum absolute atomic E-state index is 0.117. The molecule has 2 heterocycles. The molecular formula is C20H23N3O3S. The summed E-state index contributed by atoms with van der Waals surface area (Å²) >= 11 is 1.54. The second kappa shape index (κ2) is 7.84. The second-order valence-corrected chi connectivity index (χ2v) is 7.12. The van der Waals surface area contributed by atoms with Gasteiger partial charge in [0.15, 0.2) is 16.6 Å². The number of aromatic nitrogens is 2. The molecule has 2 aromatic heterocycles. The molecular weight excluding hydrogens is 362 g/mol. The molecule has 3 aromatic rings. The number of hydrogen-bond donors (Lipinski definition) is 1. The van der Waals surface area contributed by atoms with Crippen LogP contribution >= 0.6 is 11.3 Å². The van der Waals surface area contributed by atoms with Gasteiger partial charge in [0.05, 0.1) is 25.8 Å². The van der Waals surface area contributed by atoms with Crippen LogP contribution in [0.3, 0.4) is 0 Å². The van der Waals surface area contributed by atoms with Crippen molar-refractivity contribution in [2.45, 2.75) is 26.8 Å². The second-order valence-electron chi connectivity index (χ2n) is 6.24. The van der Waals surface area contributed by atoms with E-state index in [0.717, 1.165) is 22.1 Å². The van der Waals surface area contributed by atoms with Crippen LogP contribution in [0.4, 0.5) is 0 Å². The van der Waals surface area contributed by atoms with Crippen molar-refractivity contribution in [2.24, 2.45) is 0 Å². The van der Waals surface area contributed by atoms with Crippen molar-refractivity contribution >= 4 is 17.2 Å². The summed E-state index contributed by atoms with van der Waals surface area (Å²) in [6.07, 6.45) is 1.76. The molecule has 0 radical (unpaired) electrons. The molecule has 7 heteroatoms. The van der Waals surface area contributed by atoms with Gasteiger partial charge >= 0.3 is 0 Å². The monoisotopic (exact) mass is 385 g/mol. The number of thiazole rings is 1. The standard InChI is InChI=1S/C20H23N3O3S/c1-12-10-16(14(3)23(12)20-21-8-9-27-20)19(24)22-13(2)15-6-7-17(25-4)18(11-15)26-5/h6-11,13H,1-5H3,(H,22,24). The number of nitrogens with one attached hydrogen (secondary N) is 1. The minimum Gasteiger partial charge on any atom is -0.493 e. The maximum absolute atomic E-state index is 12.9. The summed E-state index contributed by atoms with van der Waals surface area (Å²) in [5.41, 5.74) is 3.44. The number of ether oxygens (including phenoxy) is 2. The average Bonchev–Trinajstić information content (AvgIpc) is 3.28. The molecule has 0 saturated heterocycles. The fraction of sp³-hybridized carbons (Fsp3) is 0.300. The van der Waals surface area contributed by atoms with Crippen molar-refractivity contribution < 1.29 is 14.3 Å². The van der Waals surface area contributed by atoms with E-state index in [4.69, 9.17) is 9.47 Å². The van der Waals surface area contributed by atoms with Crippen molar-refractivity contribution in [3.63, 3.8) is 0 Å². The van der Waals surface area contributed by atoms with Gasteiger partial charge in [-0.1, -0.05) is 6.07 Å². The summed E-state index contributed by atoms with van der Waals surface area (Å²) in [6.45, 7) is 5.85. The molecule has 0 aliphatic carbocycles. The van der Waals surface area contributed by atoms with Crippen LogP contribution in [0.15, 0.2) is 35.8 Å². The van der Waals surface area contributed by atoms with Crippen molar-refractivity contribution in [2.75, 3.05) is 14.2 Å². The van der Waals surface area contributed by atoms with Gasteiger partial charge in [-0.2, -0.15) is 0 Å². The first-order chi connectivity index (χ1) is 13.0. The highest BCUT2D eigenvalue weighted by Gasteiger charge is 2.20. The Morgan fingerprint density at radius 1 is 1.19 bits per heavy atom. The van der Waals surface area contributed by atoms with Crippen molar-refractivity contribution in [1.29, 1.82) is 0 Å². The van der Waals surface area contributed by atoms with Crippen LogP contribution in [0.25, 0.3) is 5.13 Å². The van der Waals surface area contributed by atoms with Crippen molar-refractivity contribution in [3.8, 4) is 16.6 Å². The Morgan fingerprint density at radius 3 is 2.56 bits per heavy atom. The van der Waals surface area contributed by atoms with Gasteiger partial charge in [-0.25, -0.2) is 4.98 Å². The quantitative estimate of drug-likeness (QED) is 0.695. The molecule has 0 aliphatic heterocycles. The first-order valence-electron chi connectivity index (χ1n) is 8.57. The van der Waals surface area contributed by atoms with Crippen LogP contribution in [-0.2, 0) is 0 Å². The molecule has 1 unspecified atom stereocenters. The minimum atomic E-state index is -0.180. The van der Waals surface area contributed by atoms with E-state index in [1.54, 1.807) is 31.8 Å². The molecule has 1 amide bonds. The predicted molar refractivity (Wildman–Crippen MR) is 106 cm³/mol. The molecule has 6 nitrogen and oxygen atoms in total. The van der Waals surface area contributed by atoms with Gasteiger partial charge in [0.1, 0.15) is 0 Å². The topological polar surface area (TPSA) is 65.4 Å². The molecule has 3 rings (SSSR count). The SMILES string of the molecule is COc1ccc(C(C)NC(=O)c2cc(C)n(-c3nccs3)c2C)cc1OC. The summed E-state index contributed by atoms with van der Waals surface area (Å²) in [6, 6.07) is 7.35. The summed E-state index contributed by atoms with van der Waals surface area (Å²) in [4.78, 5) is 17.2. The molecule has 1 N–H and O–H groups in total. The Labute approximate surface area is 162 Å². The molecule has 0 bridgehead atoms. The summed E-state index contributed by atoms with van der Waals surface area (Å²) in [5.74, 6) is 1.18. The normalized spacial score (nSPS) is 11.9. The Hall–Kier alpha value is -2.80. The lowest BCUT2D eigenvalue weighted by atomic mass is 10.1. The lowest BCUT2D eigenvalue weighted by Gasteiger charge is -2.16. The first-order valence-corrected chi connectivity index (χ1v) is 9.45. The predicted octanol–water partition coefficient (Wildman–Crippen LogP) is 4.06. The van der Waals surface area contributed by atoms with Crippen molar-refractivity contribution in [3.05, 3.63) is 58.4 Å². The number of carbonyl (C=O) groups is 1. The molecule has 0 spiro atoms. The summed E-state index contributed by atoms with van der Waals surface area (Å²) < 4.78 is 12.6. The largest absolute Gasteiger partial charge is 0.493 e. The van der Waals surface area contributed by atoms with Gasteiger partial charge in [-0.05, 0) is 44.5 Å². The lowest BCUT2D eigenvalue weighted by Crippen LogP contribution is -2.27. The van der Waals surface area contributed by atoms with E-state index >= 15 is 0 Å². The fourth-order valence-corrected chi connectivity index (χ4v) is 3.84. The first kappa shape index (κ1) is 19.0. The number of amides is 1. The molecule has 0 saturated carbocycles. The zero-order chi connectivity index (χ0) is 19.6. The Balaban J connectivity index is 1.83. The van der Waals surface area contributed by atoms with Gasteiger partial charge in [-0.15, -0.1) is 11.3 Å². The third-order valence-electron chi connectivity index (χ3n) is 4.54. The van der Waals surface area contributed by atoms with E-state index in [1.165, 1.54) is 0 Å². The smallest absolute Gasteiger partial charge is 0.253 e. The van der Waals surface area contributed by atoms with Gasteiger partial charge in [-0.3, -0.25) is 9.36 Å². The third-order valence-corrected chi connectivity index (χ3v) is 5.30. The van der Waals surface area contributed by atoms with Crippen molar-refractivity contribution in [1.82, 2.24) is 14.9 Å². The summed E-state index contributed by atoms with van der Waals surface area (Å²) in [5, 5.41) is 5.84. The average molecular weight is 385 g/mol. The molecule has 1 aromatic carbocycles. The van der Waals surface area contributed by atoms with Crippen LogP contribution in [0, 0.1) is 13.8 Å². The highest BCUT2D eigenvalue weighted by Crippen LogP contribution is 2.30. The molecule has 0 aliphatic rings.